The molecule has 1 aliphatic heterocycles. The lowest BCUT2D eigenvalue weighted by molar-refractivity contribution is -0.136. The van der Waals surface area contributed by atoms with Gasteiger partial charge in [0.15, 0.2) is 0 Å². The third kappa shape index (κ3) is 4.01. The standard InChI is InChI=1S/C17H23FN6O/c1-12-20-21-22-24(12)16(11-13-4-3-5-14(18)10-13)17(25)23-8-6-15(19-2)7-9-23/h3-5,10,15-16,19H,6-9,11H2,1-2H3. The Morgan fingerprint density at radius 3 is 2.76 bits per heavy atom. The average Bonchev–Trinajstić information content (AvgIpc) is 3.05. The van der Waals surface area contributed by atoms with E-state index in [0.29, 0.717) is 31.4 Å². The molecule has 0 saturated carbocycles. The highest BCUT2D eigenvalue weighted by atomic mass is 19.1. The summed E-state index contributed by atoms with van der Waals surface area (Å²) in [6.45, 7) is 3.16. The third-order valence-electron chi connectivity index (χ3n) is 4.77. The van der Waals surface area contributed by atoms with Crippen LogP contribution in [0.4, 0.5) is 4.39 Å². The maximum Gasteiger partial charge on any atom is 0.247 e. The number of hydrogen-bond donors (Lipinski definition) is 1. The highest BCUT2D eigenvalue weighted by Gasteiger charge is 2.31. The van der Waals surface area contributed by atoms with Crippen LogP contribution in [0.25, 0.3) is 0 Å². The Morgan fingerprint density at radius 2 is 2.16 bits per heavy atom. The Labute approximate surface area is 146 Å². The number of carbonyl (C=O) groups excluding carboxylic acids is 1. The largest absolute Gasteiger partial charge is 0.341 e. The molecule has 0 bridgehead atoms. The number of rotatable bonds is 5. The van der Waals surface area contributed by atoms with Crippen LogP contribution in [0.1, 0.15) is 30.3 Å². The predicted octanol–water partition coefficient (Wildman–Crippen LogP) is 1.11. The van der Waals surface area contributed by atoms with E-state index in [4.69, 9.17) is 0 Å². The molecule has 0 radical (unpaired) electrons. The molecule has 1 saturated heterocycles. The van der Waals surface area contributed by atoms with E-state index in [-0.39, 0.29) is 11.7 Å². The van der Waals surface area contributed by atoms with Gasteiger partial charge in [-0.2, -0.15) is 0 Å². The first-order chi connectivity index (χ1) is 12.1. The van der Waals surface area contributed by atoms with Gasteiger partial charge in [-0.1, -0.05) is 12.1 Å². The van der Waals surface area contributed by atoms with E-state index in [1.54, 1.807) is 13.0 Å². The van der Waals surface area contributed by atoms with E-state index >= 15 is 0 Å². The number of nitrogens with one attached hydrogen (secondary N) is 1. The van der Waals surface area contributed by atoms with Crippen LogP contribution in [-0.4, -0.2) is 57.2 Å². The molecule has 2 aromatic rings. The van der Waals surface area contributed by atoms with E-state index in [1.165, 1.54) is 16.8 Å². The zero-order valence-corrected chi connectivity index (χ0v) is 14.5. The monoisotopic (exact) mass is 346 g/mol. The number of amides is 1. The summed E-state index contributed by atoms with van der Waals surface area (Å²) in [7, 11) is 1.94. The van der Waals surface area contributed by atoms with Crippen molar-refractivity contribution in [3.63, 3.8) is 0 Å². The van der Waals surface area contributed by atoms with Gasteiger partial charge in [0.05, 0.1) is 0 Å². The Hall–Kier alpha value is -2.35. The lowest BCUT2D eigenvalue weighted by Gasteiger charge is -2.34. The SMILES string of the molecule is CNC1CCN(C(=O)C(Cc2cccc(F)c2)n2nnnc2C)CC1. The van der Waals surface area contributed by atoms with E-state index in [1.807, 2.05) is 18.0 Å². The molecule has 25 heavy (non-hydrogen) atoms. The summed E-state index contributed by atoms with van der Waals surface area (Å²) in [5.74, 6) is 0.237. The minimum Gasteiger partial charge on any atom is -0.341 e. The van der Waals surface area contributed by atoms with E-state index in [2.05, 4.69) is 20.8 Å². The van der Waals surface area contributed by atoms with E-state index in [9.17, 15) is 9.18 Å². The number of aromatic nitrogens is 4. The van der Waals surface area contributed by atoms with Crippen molar-refractivity contribution >= 4 is 5.91 Å². The summed E-state index contributed by atoms with van der Waals surface area (Å²) < 4.78 is 15.1. The minimum atomic E-state index is -0.567. The second-order valence-electron chi connectivity index (χ2n) is 6.41. The number of halogens is 1. The van der Waals surface area contributed by atoms with Crippen LogP contribution in [0, 0.1) is 12.7 Å². The second-order valence-corrected chi connectivity index (χ2v) is 6.41. The van der Waals surface area contributed by atoms with Gasteiger partial charge < -0.3 is 10.2 Å². The molecule has 2 heterocycles. The van der Waals surface area contributed by atoms with Gasteiger partial charge in [-0.25, -0.2) is 9.07 Å². The smallest absolute Gasteiger partial charge is 0.247 e. The highest BCUT2D eigenvalue weighted by Crippen LogP contribution is 2.21. The maximum atomic E-state index is 13.5. The minimum absolute atomic E-state index is 0.0192. The number of aryl methyl sites for hydroxylation is 1. The number of nitrogens with zero attached hydrogens (tertiary/aromatic N) is 5. The Morgan fingerprint density at radius 1 is 1.40 bits per heavy atom. The van der Waals surface area contributed by atoms with Crippen molar-refractivity contribution in [3.8, 4) is 0 Å². The molecule has 1 aromatic carbocycles. The van der Waals surface area contributed by atoms with Crippen molar-refractivity contribution < 1.29 is 9.18 Å². The topological polar surface area (TPSA) is 75.9 Å². The molecule has 1 aliphatic rings. The van der Waals surface area contributed by atoms with Crippen molar-refractivity contribution in [1.82, 2.24) is 30.4 Å². The summed E-state index contributed by atoms with van der Waals surface area (Å²) in [5, 5.41) is 14.8. The van der Waals surface area contributed by atoms with Crippen LogP contribution in [0.3, 0.4) is 0 Å². The van der Waals surface area contributed by atoms with Crippen molar-refractivity contribution in [2.24, 2.45) is 0 Å². The van der Waals surface area contributed by atoms with Crippen LogP contribution in [0.5, 0.6) is 0 Å². The van der Waals surface area contributed by atoms with Gasteiger partial charge in [-0.3, -0.25) is 4.79 Å². The molecular weight excluding hydrogens is 323 g/mol. The molecule has 7 nitrogen and oxygen atoms in total. The second kappa shape index (κ2) is 7.69. The zero-order valence-electron chi connectivity index (χ0n) is 14.5. The first-order valence-corrected chi connectivity index (χ1v) is 8.53. The normalized spacial score (nSPS) is 16.8. The van der Waals surface area contributed by atoms with E-state index < -0.39 is 6.04 Å². The van der Waals surface area contributed by atoms with Crippen molar-refractivity contribution in [1.29, 1.82) is 0 Å². The van der Waals surface area contributed by atoms with Gasteiger partial charge in [-0.15, -0.1) is 5.10 Å². The first-order valence-electron chi connectivity index (χ1n) is 8.53. The number of hydrogen-bond acceptors (Lipinski definition) is 5. The molecule has 1 aromatic heterocycles. The van der Waals surface area contributed by atoms with Crippen molar-refractivity contribution in [2.75, 3.05) is 20.1 Å². The fourth-order valence-corrected chi connectivity index (χ4v) is 3.29. The van der Waals surface area contributed by atoms with Gasteiger partial charge in [0.2, 0.25) is 5.91 Å². The van der Waals surface area contributed by atoms with Crippen LogP contribution >= 0.6 is 0 Å². The highest BCUT2D eigenvalue weighted by molar-refractivity contribution is 5.80. The van der Waals surface area contributed by atoms with E-state index in [0.717, 1.165) is 18.4 Å². The number of piperidine rings is 1. The molecule has 0 aliphatic carbocycles. The van der Waals surface area contributed by atoms with Gasteiger partial charge in [0, 0.05) is 25.6 Å². The first kappa shape index (κ1) is 17.5. The van der Waals surface area contributed by atoms with Gasteiger partial charge >= 0.3 is 0 Å². The Kier molecular flexibility index (Phi) is 5.37. The number of likely N-dealkylation sites (tertiary alicyclic amines) is 1. The number of carbonyl (C=O) groups is 1. The van der Waals surface area contributed by atoms with Gasteiger partial charge in [0.25, 0.3) is 0 Å². The summed E-state index contributed by atoms with van der Waals surface area (Å²) >= 11 is 0. The van der Waals surface area contributed by atoms with Crippen molar-refractivity contribution in [3.05, 3.63) is 41.5 Å². The summed E-state index contributed by atoms with van der Waals surface area (Å²) in [5.41, 5.74) is 0.748. The van der Waals surface area contributed by atoms with Gasteiger partial charge in [0.1, 0.15) is 17.7 Å². The van der Waals surface area contributed by atoms with Crippen molar-refractivity contribution in [2.45, 2.75) is 38.3 Å². The maximum absolute atomic E-state index is 13.5. The summed E-state index contributed by atoms with van der Waals surface area (Å²) in [4.78, 5) is 15.0. The molecule has 134 valence electrons. The molecular formula is C17H23FN6O. The average molecular weight is 346 g/mol. The molecule has 8 heteroatoms. The van der Waals surface area contributed by atoms with Crippen LogP contribution in [0.15, 0.2) is 24.3 Å². The van der Waals surface area contributed by atoms with Crippen LogP contribution in [0.2, 0.25) is 0 Å². The lowest BCUT2D eigenvalue weighted by Crippen LogP contribution is -2.47. The molecule has 1 fully saturated rings. The molecule has 0 spiro atoms. The zero-order chi connectivity index (χ0) is 17.8. The number of benzene rings is 1. The summed E-state index contributed by atoms with van der Waals surface area (Å²) in [6, 6.07) is 6.19. The fourth-order valence-electron chi connectivity index (χ4n) is 3.29. The van der Waals surface area contributed by atoms with Crippen LogP contribution < -0.4 is 5.32 Å². The third-order valence-corrected chi connectivity index (χ3v) is 4.77. The quantitative estimate of drug-likeness (QED) is 0.878. The summed E-state index contributed by atoms with van der Waals surface area (Å²) in [6.07, 6.45) is 2.20. The van der Waals surface area contributed by atoms with Gasteiger partial charge in [-0.05, 0) is 54.9 Å². The molecule has 1 N–H and O–H groups in total. The Balaban J connectivity index is 1.81. The van der Waals surface area contributed by atoms with Crippen LogP contribution in [-0.2, 0) is 11.2 Å². The molecule has 1 unspecified atom stereocenters. The molecule has 1 atom stereocenters. The molecule has 1 amide bonds. The lowest BCUT2D eigenvalue weighted by atomic mass is 10.0. The Bertz CT molecular complexity index is 725. The molecule has 3 rings (SSSR count). The predicted molar refractivity (Wildman–Crippen MR) is 90.4 cm³/mol. The fraction of sp³-hybridized carbons (Fsp3) is 0.529. The number of tetrazole rings is 1.